The van der Waals surface area contributed by atoms with Gasteiger partial charge in [0, 0.05) is 11.8 Å². The van der Waals surface area contributed by atoms with Gasteiger partial charge in [-0.05, 0) is 12.5 Å². The first kappa shape index (κ1) is 11.7. The summed E-state index contributed by atoms with van der Waals surface area (Å²) in [5.41, 5.74) is 0.676. The average Bonchev–Trinajstić information content (AvgIpc) is 2.86. The normalized spacial score (nSPS) is 27.9. The van der Waals surface area contributed by atoms with E-state index in [1.165, 1.54) is 0 Å². The Labute approximate surface area is 111 Å². The predicted molar refractivity (Wildman–Crippen MR) is 71.5 cm³/mol. The first-order valence-corrected chi connectivity index (χ1v) is 6.29. The number of nitrogens with zero attached hydrogens (tertiary/aromatic N) is 3. The van der Waals surface area contributed by atoms with Crippen LogP contribution in [0.2, 0.25) is 0 Å². The van der Waals surface area contributed by atoms with Gasteiger partial charge in [0.25, 0.3) is 0 Å². The smallest absolute Gasteiger partial charge is 0.186 e. The molecule has 4 nitrogen and oxygen atoms in total. The number of hydrazone groups is 1. The maximum absolute atomic E-state index is 12.5. The van der Waals surface area contributed by atoms with E-state index in [2.05, 4.69) is 11.2 Å². The van der Waals surface area contributed by atoms with Crippen LogP contribution in [0.25, 0.3) is 0 Å². The minimum Gasteiger partial charge on any atom is -0.292 e. The number of allylic oxidation sites excluding steroid dienone is 1. The number of carbonyl (C=O) groups excluding carboxylic acids is 1. The van der Waals surface area contributed by atoms with Crippen LogP contribution in [0.15, 0.2) is 47.6 Å². The maximum atomic E-state index is 12.5. The molecule has 0 saturated carbocycles. The van der Waals surface area contributed by atoms with Crippen LogP contribution in [0.5, 0.6) is 0 Å². The molecule has 94 valence electrons. The fourth-order valence-corrected chi connectivity index (χ4v) is 2.69. The Hall–Kier alpha value is -2.41. The summed E-state index contributed by atoms with van der Waals surface area (Å²) in [5.74, 6) is -0.137. The van der Waals surface area contributed by atoms with Crippen molar-refractivity contribution in [3.8, 4) is 6.07 Å². The molecule has 1 aromatic rings. The van der Waals surface area contributed by atoms with Crippen LogP contribution in [-0.2, 0) is 0 Å². The molecule has 0 bridgehead atoms. The predicted octanol–water partition coefficient (Wildman–Crippen LogP) is 2.01. The molecule has 0 aromatic heterocycles. The van der Waals surface area contributed by atoms with Crippen molar-refractivity contribution in [3.05, 3.63) is 48.0 Å². The first-order valence-electron chi connectivity index (χ1n) is 6.29. The van der Waals surface area contributed by atoms with E-state index in [1.807, 2.05) is 30.4 Å². The van der Waals surface area contributed by atoms with Gasteiger partial charge >= 0.3 is 0 Å². The van der Waals surface area contributed by atoms with E-state index >= 15 is 0 Å². The SMILES string of the molecule is N#C[C@@H]1C[C@@H](C(=O)c2ccccc2)N2N=CC=C[C@H]12. The third kappa shape index (κ3) is 1.93. The molecule has 0 unspecified atom stereocenters. The number of hydrogen-bond acceptors (Lipinski definition) is 4. The van der Waals surface area contributed by atoms with Crippen LogP contribution in [-0.4, -0.2) is 29.1 Å². The number of nitriles is 1. The number of benzene rings is 1. The fraction of sp³-hybridized carbons (Fsp3) is 0.267. The lowest BCUT2D eigenvalue weighted by Crippen LogP contribution is -2.37. The van der Waals surface area contributed by atoms with Gasteiger partial charge in [0.05, 0.1) is 18.0 Å². The molecule has 4 heteroatoms. The van der Waals surface area contributed by atoms with Crippen molar-refractivity contribution in [2.24, 2.45) is 11.0 Å². The summed E-state index contributed by atoms with van der Waals surface area (Å²) in [5, 5.41) is 15.2. The van der Waals surface area contributed by atoms with Crippen LogP contribution in [0.4, 0.5) is 0 Å². The Balaban J connectivity index is 1.90. The van der Waals surface area contributed by atoms with Crippen molar-refractivity contribution in [1.82, 2.24) is 5.01 Å². The Morgan fingerprint density at radius 2 is 2.16 bits per heavy atom. The quantitative estimate of drug-likeness (QED) is 0.755. The number of ketones is 1. The van der Waals surface area contributed by atoms with Gasteiger partial charge in [-0.25, -0.2) is 0 Å². The molecule has 0 N–H and O–H groups in total. The molecule has 2 aliphatic rings. The van der Waals surface area contributed by atoms with Gasteiger partial charge in [0.2, 0.25) is 0 Å². The van der Waals surface area contributed by atoms with E-state index in [0.29, 0.717) is 12.0 Å². The summed E-state index contributed by atoms with van der Waals surface area (Å²) in [6.07, 6.45) is 5.98. The lowest BCUT2D eigenvalue weighted by atomic mass is 9.97. The summed E-state index contributed by atoms with van der Waals surface area (Å²) in [6.45, 7) is 0. The summed E-state index contributed by atoms with van der Waals surface area (Å²) in [4.78, 5) is 12.5. The molecule has 3 atom stereocenters. The molecule has 2 aliphatic heterocycles. The monoisotopic (exact) mass is 251 g/mol. The van der Waals surface area contributed by atoms with Crippen LogP contribution < -0.4 is 0 Å². The first-order chi connectivity index (χ1) is 9.31. The molecule has 19 heavy (non-hydrogen) atoms. The zero-order chi connectivity index (χ0) is 13.2. The van der Waals surface area contributed by atoms with Gasteiger partial charge in [-0.2, -0.15) is 10.4 Å². The number of Topliss-reactive ketones (excluding diaryl/α,β-unsaturated/α-hetero) is 1. The highest BCUT2D eigenvalue weighted by Crippen LogP contribution is 2.33. The van der Waals surface area contributed by atoms with Gasteiger partial charge in [-0.15, -0.1) is 0 Å². The van der Waals surface area contributed by atoms with E-state index in [4.69, 9.17) is 0 Å². The number of carbonyl (C=O) groups is 1. The average molecular weight is 251 g/mol. The van der Waals surface area contributed by atoms with Gasteiger partial charge in [-0.1, -0.05) is 36.4 Å². The molecular weight excluding hydrogens is 238 g/mol. The number of hydrogen-bond donors (Lipinski definition) is 0. The summed E-state index contributed by atoms with van der Waals surface area (Å²) >= 11 is 0. The topological polar surface area (TPSA) is 56.5 Å². The Morgan fingerprint density at radius 3 is 2.89 bits per heavy atom. The number of rotatable bonds is 2. The van der Waals surface area contributed by atoms with Crippen LogP contribution in [0.1, 0.15) is 16.8 Å². The van der Waals surface area contributed by atoms with E-state index in [-0.39, 0.29) is 23.8 Å². The van der Waals surface area contributed by atoms with Crippen molar-refractivity contribution in [3.63, 3.8) is 0 Å². The van der Waals surface area contributed by atoms with Crippen LogP contribution >= 0.6 is 0 Å². The van der Waals surface area contributed by atoms with Crippen LogP contribution in [0, 0.1) is 17.2 Å². The molecule has 1 saturated heterocycles. The second-order valence-electron chi connectivity index (χ2n) is 4.74. The minimum atomic E-state index is -0.335. The summed E-state index contributed by atoms with van der Waals surface area (Å²) in [7, 11) is 0. The largest absolute Gasteiger partial charge is 0.292 e. The van der Waals surface area contributed by atoms with Crippen molar-refractivity contribution in [2.75, 3.05) is 0 Å². The molecule has 3 rings (SSSR count). The fourth-order valence-electron chi connectivity index (χ4n) is 2.69. The molecule has 2 heterocycles. The Morgan fingerprint density at radius 1 is 1.37 bits per heavy atom. The highest BCUT2D eigenvalue weighted by Gasteiger charge is 2.43. The molecule has 0 amide bonds. The molecule has 0 aliphatic carbocycles. The zero-order valence-electron chi connectivity index (χ0n) is 10.3. The second kappa shape index (κ2) is 4.69. The third-order valence-corrected chi connectivity index (χ3v) is 3.64. The maximum Gasteiger partial charge on any atom is 0.186 e. The third-order valence-electron chi connectivity index (χ3n) is 3.64. The van der Waals surface area contributed by atoms with Crippen molar-refractivity contribution in [2.45, 2.75) is 18.5 Å². The van der Waals surface area contributed by atoms with Gasteiger partial charge in [0.1, 0.15) is 6.04 Å². The zero-order valence-corrected chi connectivity index (χ0v) is 10.3. The summed E-state index contributed by atoms with van der Waals surface area (Å²) < 4.78 is 0. The molecule has 1 aromatic carbocycles. The standard InChI is InChI=1S/C15H13N3O/c16-10-12-9-14(18-13(12)7-4-8-17-18)15(19)11-5-2-1-3-6-11/h1-8,12-14H,9H2/t12-,13+,14-/m0/s1. The number of fused-ring (bicyclic) bond motifs is 1. The van der Waals surface area contributed by atoms with Gasteiger partial charge in [-0.3, -0.25) is 9.80 Å². The van der Waals surface area contributed by atoms with E-state index < -0.39 is 0 Å². The van der Waals surface area contributed by atoms with Crippen molar-refractivity contribution < 1.29 is 4.79 Å². The van der Waals surface area contributed by atoms with E-state index in [9.17, 15) is 10.1 Å². The highest BCUT2D eigenvalue weighted by atomic mass is 16.1. The van der Waals surface area contributed by atoms with E-state index in [1.54, 1.807) is 23.4 Å². The van der Waals surface area contributed by atoms with Crippen LogP contribution in [0.3, 0.4) is 0 Å². The summed E-state index contributed by atoms with van der Waals surface area (Å²) in [6, 6.07) is 11.1. The van der Waals surface area contributed by atoms with Gasteiger partial charge in [0.15, 0.2) is 5.78 Å². The Bertz CT molecular complexity index is 585. The second-order valence-corrected chi connectivity index (χ2v) is 4.74. The Kier molecular flexibility index (Phi) is 2.88. The molecule has 0 radical (unpaired) electrons. The molecule has 1 fully saturated rings. The van der Waals surface area contributed by atoms with Gasteiger partial charge < -0.3 is 0 Å². The minimum absolute atomic E-state index is 0.0378. The molecule has 0 spiro atoms. The van der Waals surface area contributed by atoms with E-state index in [0.717, 1.165) is 0 Å². The van der Waals surface area contributed by atoms with Crippen molar-refractivity contribution >= 4 is 12.0 Å². The lowest BCUT2D eigenvalue weighted by molar-refractivity contribution is 0.0853. The van der Waals surface area contributed by atoms with Crippen molar-refractivity contribution in [1.29, 1.82) is 5.26 Å². The highest BCUT2D eigenvalue weighted by molar-refractivity contribution is 6.00. The molecular formula is C15H13N3O. The lowest BCUT2D eigenvalue weighted by Gasteiger charge is -2.26.